The minimum absolute atomic E-state index is 0.0614. The summed E-state index contributed by atoms with van der Waals surface area (Å²) >= 11 is 0. The lowest BCUT2D eigenvalue weighted by molar-refractivity contribution is -0.136. The number of H-pyrrole nitrogens is 2. The Hall–Kier alpha value is -5.70. The van der Waals surface area contributed by atoms with Crippen LogP contribution in [0, 0.1) is 11.8 Å². The molecule has 2 aromatic carbocycles. The molecule has 66 heavy (non-hydrogen) atoms. The first-order valence-corrected chi connectivity index (χ1v) is 24.5. The minimum atomic E-state index is -0.624. The molecule has 2 aromatic heterocycles. The molecule has 4 aromatic rings. The average Bonchev–Trinajstić information content (AvgIpc) is 4.23. The fourth-order valence-electron chi connectivity index (χ4n) is 11.8. The van der Waals surface area contributed by atoms with Crippen LogP contribution in [0.1, 0.15) is 157 Å². The van der Waals surface area contributed by atoms with Crippen molar-refractivity contribution in [3.05, 3.63) is 71.6 Å². The maximum atomic E-state index is 14.3. The van der Waals surface area contributed by atoms with Gasteiger partial charge in [-0.3, -0.25) is 9.59 Å². The number of imidazole rings is 2. The Bertz CT molecular complexity index is 2370. The number of ether oxygens (including phenoxy) is 3. The van der Waals surface area contributed by atoms with Gasteiger partial charge in [-0.15, -0.1) is 0 Å². The number of rotatable bonds is 12. The number of amides is 4. The van der Waals surface area contributed by atoms with Gasteiger partial charge in [0.2, 0.25) is 11.8 Å². The Morgan fingerprint density at radius 2 is 1.14 bits per heavy atom. The third kappa shape index (κ3) is 9.07. The number of aromatic amines is 2. The highest BCUT2D eigenvalue weighted by molar-refractivity contribution is 5.87. The van der Waals surface area contributed by atoms with Crippen molar-refractivity contribution in [2.75, 3.05) is 27.3 Å². The lowest BCUT2D eigenvalue weighted by atomic mass is 9.83. The number of alkyl carbamates (subject to hydrolysis) is 2. The average molecular weight is 903 g/mol. The summed E-state index contributed by atoms with van der Waals surface area (Å²) in [6, 6.07) is 11.2. The van der Waals surface area contributed by atoms with Crippen LogP contribution in [-0.2, 0) is 23.8 Å². The van der Waals surface area contributed by atoms with Gasteiger partial charge in [-0.25, -0.2) is 19.6 Å². The molecule has 6 atom stereocenters. The lowest BCUT2D eigenvalue weighted by Gasteiger charge is -2.34. The first kappa shape index (κ1) is 45.5. The SMILES string of the molecule is CCC1OC(C)c2c(-c3ccc(-c4cnc(C5CCCN5C(=O)[C@@H](NC(=O)OC)C5CCCCC5)[nH]4)cc3)ccc(-c3cnc([C@@H]4CCCN4C(=O)[C@@H](NC(=O)OC)C4CCCCC4)[nH]3)c21. The quantitative estimate of drug-likeness (QED) is 0.108. The summed E-state index contributed by atoms with van der Waals surface area (Å²) in [6.07, 6.45) is 16.6. The third-order valence-corrected chi connectivity index (χ3v) is 15.1. The van der Waals surface area contributed by atoms with Crippen LogP contribution in [-0.4, -0.2) is 93.1 Å². The summed E-state index contributed by atoms with van der Waals surface area (Å²) in [7, 11) is 2.68. The Labute approximate surface area is 387 Å². The second-order valence-corrected chi connectivity index (χ2v) is 19.0. The van der Waals surface area contributed by atoms with Crippen LogP contribution >= 0.6 is 0 Å². The molecule has 0 radical (unpaired) electrons. The van der Waals surface area contributed by atoms with Gasteiger partial charge in [-0.1, -0.05) is 81.8 Å². The van der Waals surface area contributed by atoms with E-state index >= 15 is 0 Å². The van der Waals surface area contributed by atoms with Crippen LogP contribution in [0.4, 0.5) is 9.59 Å². The highest BCUT2D eigenvalue weighted by Crippen LogP contribution is 2.50. The molecule has 2 aliphatic carbocycles. The first-order valence-electron chi connectivity index (χ1n) is 24.5. The van der Waals surface area contributed by atoms with E-state index in [1.807, 2.05) is 22.2 Å². The lowest BCUT2D eigenvalue weighted by Crippen LogP contribution is -2.52. The molecule has 9 rings (SSSR count). The van der Waals surface area contributed by atoms with Crippen LogP contribution in [0.2, 0.25) is 0 Å². The number of fused-ring (bicyclic) bond motifs is 1. The first-order chi connectivity index (χ1) is 32.2. The molecular formula is C51H66N8O7. The van der Waals surface area contributed by atoms with E-state index in [1.165, 1.54) is 14.2 Å². The van der Waals surface area contributed by atoms with Crippen LogP contribution in [0.25, 0.3) is 33.6 Å². The van der Waals surface area contributed by atoms with Crippen molar-refractivity contribution in [3.8, 4) is 33.6 Å². The molecule has 0 spiro atoms. The minimum Gasteiger partial charge on any atom is -0.453 e. The van der Waals surface area contributed by atoms with E-state index in [1.54, 1.807) is 0 Å². The number of carbonyl (C=O) groups excluding carboxylic acids is 4. The zero-order chi connectivity index (χ0) is 45.9. The predicted octanol–water partition coefficient (Wildman–Crippen LogP) is 9.61. The van der Waals surface area contributed by atoms with E-state index in [-0.39, 0.29) is 47.9 Å². The van der Waals surface area contributed by atoms with E-state index in [0.29, 0.717) is 13.1 Å². The number of likely N-dealkylation sites (tertiary alicyclic amines) is 2. The van der Waals surface area contributed by atoms with Crippen molar-refractivity contribution < 1.29 is 33.4 Å². The van der Waals surface area contributed by atoms with Crippen molar-refractivity contribution in [1.29, 1.82) is 0 Å². The summed E-state index contributed by atoms with van der Waals surface area (Å²) in [5.74, 6) is 1.54. The van der Waals surface area contributed by atoms with Crippen LogP contribution in [0.5, 0.6) is 0 Å². The Kier molecular flexibility index (Phi) is 13.8. The van der Waals surface area contributed by atoms with E-state index in [2.05, 4.69) is 70.8 Å². The summed E-state index contributed by atoms with van der Waals surface area (Å²) in [4.78, 5) is 73.9. The Balaban J connectivity index is 0.936. The summed E-state index contributed by atoms with van der Waals surface area (Å²) < 4.78 is 16.5. The predicted molar refractivity (Wildman–Crippen MR) is 249 cm³/mol. The molecular weight excluding hydrogens is 837 g/mol. The van der Waals surface area contributed by atoms with Gasteiger partial charge in [0.1, 0.15) is 23.7 Å². The second-order valence-electron chi connectivity index (χ2n) is 19.0. The van der Waals surface area contributed by atoms with Crippen LogP contribution in [0.3, 0.4) is 0 Å². The van der Waals surface area contributed by atoms with E-state index in [0.717, 1.165) is 153 Å². The zero-order valence-electron chi connectivity index (χ0n) is 38.9. The molecule has 0 bridgehead atoms. The van der Waals surface area contributed by atoms with Gasteiger partial charge in [0.05, 0.1) is 62.3 Å². The number of nitrogens with one attached hydrogen (secondary N) is 4. The van der Waals surface area contributed by atoms with Crippen LogP contribution < -0.4 is 10.6 Å². The number of carbonyl (C=O) groups is 4. The summed E-state index contributed by atoms with van der Waals surface area (Å²) in [5.41, 5.74) is 8.29. The topological polar surface area (TPSA) is 184 Å². The van der Waals surface area contributed by atoms with Gasteiger partial charge in [-0.2, -0.15) is 0 Å². The Morgan fingerprint density at radius 3 is 1.65 bits per heavy atom. The summed E-state index contributed by atoms with van der Waals surface area (Å²) in [5, 5.41) is 5.78. The number of hydrogen-bond acceptors (Lipinski definition) is 9. The van der Waals surface area contributed by atoms with E-state index in [9.17, 15) is 19.2 Å². The molecule has 4 amide bonds. The molecule has 15 heteroatoms. The van der Waals surface area contributed by atoms with Crippen LogP contribution in [0.15, 0.2) is 48.8 Å². The van der Waals surface area contributed by atoms with Crippen molar-refractivity contribution in [2.24, 2.45) is 11.8 Å². The van der Waals surface area contributed by atoms with Crippen molar-refractivity contribution in [2.45, 2.75) is 147 Å². The highest BCUT2D eigenvalue weighted by Gasteiger charge is 2.42. The number of aromatic nitrogens is 4. The van der Waals surface area contributed by atoms with Gasteiger partial charge < -0.3 is 44.6 Å². The maximum Gasteiger partial charge on any atom is 0.407 e. The van der Waals surface area contributed by atoms with Gasteiger partial charge in [0.25, 0.3) is 0 Å². The third-order valence-electron chi connectivity index (χ3n) is 15.1. The summed E-state index contributed by atoms with van der Waals surface area (Å²) in [6.45, 7) is 5.49. The zero-order valence-corrected chi connectivity index (χ0v) is 38.9. The smallest absolute Gasteiger partial charge is 0.407 e. The van der Waals surface area contributed by atoms with Crippen molar-refractivity contribution in [1.82, 2.24) is 40.4 Å². The fraction of sp³-hybridized carbons (Fsp3) is 0.569. The largest absolute Gasteiger partial charge is 0.453 e. The molecule has 2 saturated heterocycles. The van der Waals surface area contributed by atoms with Gasteiger partial charge >= 0.3 is 12.2 Å². The number of benzene rings is 2. The maximum absolute atomic E-state index is 14.3. The van der Waals surface area contributed by atoms with Gasteiger partial charge in [0.15, 0.2) is 0 Å². The molecule has 4 N–H and O–H groups in total. The number of hydrogen-bond donors (Lipinski definition) is 4. The highest BCUT2D eigenvalue weighted by atomic mass is 16.5. The second kappa shape index (κ2) is 20.0. The van der Waals surface area contributed by atoms with Crippen molar-refractivity contribution in [3.63, 3.8) is 0 Å². The monoisotopic (exact) mass is 903 g/mol. The molecule has 3 aliphatic heterocycles. The molecule has 4 fully saturated rings. The normalized spacial score (nSPS) is 23.3. The standard InChI is InChI=1S/C51H66N8O7/c1-5-41-43-36(38-29-53-47(55-38)40-19-13-27-59(40)49(61)45(57-51(63)65-4)34-16-10-7-11-17-34)25-24-35(42(43)30(2)66-41)31-20-22-32(23-21-31)37-28-52-46(54-37)39-18-12-26-58(39)48(60)44(56-50(62)64-3)33-14-8-6-9-15-33/h20-25,28-30,33-34,39-41,44-45H,5-19,26-27H2,1-4H3,(H,52,54)(H,53,55)(H,56,62)(H,57,63)/t30?,39?,40-,41?,44-,45-/m0/s1. The number of methoxy groups -OCH3 is 2. The Morgan fingerprint density at radius 1 is 0.652 bits per heavy atom. The fourth-order valence-corrected chi connectivity index (χ4v) is 11.8. The van der Waals surface area contributed by atoms with Crippen molar-refractivity contribution >= 4 is 24.0 Å². The van der Waals surface area contributed by atoms with E-state index in [4.69, 9.17) is 24.2 Å². The molecule has 352 valence electrons. The molecule has 5 heterocycles. The molecule has 2 saturated carbocycles. The molecule has 15 nitrogen and oxygen atoms in total. The van der Waals surface area contributed by atoms with E-state index < -0.39 is 24.3 Å². The van der Waals surface area contributed by atoms with Gasteiger partial charge in [-0.05, 0) is 104 Å². The molecule has 5 aliphatic rings. The number of nitrogens with zero attached hydrogens (tertiary/aromatic N) is 4. The molecule has 3 unspecified atom stereocenters. The van der Waals surface area contributed by atoms with Gasteiger partial charge in [0, 0.05) is 18.7 Å².